The Morgan fingerprint density at radius 1 is 1.17 bits per heavy atom. The Labute approximate surface area is 139 Å². The van der Waals surface area contributed by atoms with Crippen LogP contribution in [0.15, 0.2) is 24.4 Å². The van der Waals surface area contributed by atoms with E-state index < -0.39 is 0 Å². The third-order valence-corrected chi connectivity index (χ3v) is 5.21. The molecule has 6 nitrogen and oxygen atoms in total. The molecule has 120 valence electrons. The molecule has 0 bridgehead atoms. The molecule has 4 heterocycles. The molecule has 1 saturated heterocycles. The van der Waals surface area contributed by atoms with Crippen molar-refractivity contribution in [3.05, 3.63) is 36.0 Å². The van der Waals surface area contributed by atoms with Crippen molar-refractivity contribution in [1.82, 2.24) is 24.0 Å². The Kier molecular flexibility index (Phi) is 3.72. The molecule has 0 atom stereocenters. The predicted molar refractivity (Wildman–Crippen MR) is 91.2 cm³/mol. The van der Waals surface area contributed by atoms with Crippen LogP contribution in [0.3, 0.4) is 0 Å². The van der Waals surface area contributed by atoms with Crippen molar-refractivity contribution < 1.29 is 0 Å². The normalized spacial score (nSPS) is 16.6. The van der Waals surface area contributed by atoms with Crippen LogP contribution < -0.4 is 4.90 Å². The fourth-order valence-corrected chi connectivity index (χ4v) is 3.92. The molecule has 1 aliphatic heterocycles. The highest BCUT2D eigenvalue weighted by molar-refractivity contribution is 7.09. The maximum Gasteiger partial charge on any atom is 0.205 e. The van der Waals surface area contributed by atoms with Crippen molar-refractivity contribution in [2.24, 2.45) is 0 Å². The number of piperidine rings is 1. The summed E-state index contributed by atoms with van der Waals surface area (Å²) in [4.78, 5) is 7.02. The van der Waals surface area contributed by atoms with Crippen LogP contribution in [0.25, 0.3) is 5.65 Å². The summed E-state index contributed by atoms with van der Waals surface area (Å²) in [6, 6.07) is 6.03. The zero-order valence-corrected chi connectivity index (χ0v) is 14.2. The molecular formula is C16H20N6S. The van der Waals surface area contributed by atoms with Gasteiger partial charge in [0.05, 0.1) is 0 Å². The monoisotopic (exact) mass is 328 g/mol. The summed E-state index contributed by atoms with van der Waals surface area (Å²) in [6.45, 7) is 6.27. The van der Waals surface area contributed by atoms with Gasteiger partial charge < -0.3 is 4.90 Å². The van der Waals surface area contributed by atoms with E-state index in [1.165, 1.54) is 11.5 Å². The largest absolute Gasteiger partial charge is 0.347 e. The third kappa shape index (κ3) is 2.69. The Morgan fingerprint density at radius 2 is 2.00 bits per heavy atom. The van der Waals surface area contributed by atoms with Crippen molar-refractivity contribution in [3.8, 4) is 0 Å². The van der Waals surface area contributed by atoms with Crippen LogP contribution in [0, 0.1) is 0 Å². The van der Waals surface area contributed by atoms with Crippen molar-refractivity contribution in [2.75, 3.05) is 18.0 Å². The van der Waals surface area contributed by atoms with Gasteiger partial charge in [-0.05, 0) is 25.0 Å². The fraction of sp³-hybridized carbons (Fsp3) is 0.500. The third-order valence-electron chi connectivity index (χ3n) is 4.42. The summed E-state index contributed by atoms with van der Waals surface area (Å²) in [5.41, 5.74) is 0.927. The number of fused-ring (bicyclic) bond motifs is 1. The van der Waals surface area contributed by atoms with Crippen molar-refractivity contribution in [3.63, 3.8) is 0 Å². The second-order valence-electron chi connectivity index (χ2n) is 6.34. The lowest BCUT2D eigenvalue weighted by Gasteiger charge is -2.30. The average molecular weight is 328 g/mol. The van der Waals surface area contributed by atoms with Gasteiger partial charge in [-0.3, -0.25) is 4.40 Å². The van der Waals surface area contributed by atoms with Crippen LogP contribution in [0.5, 0.6) is 0 Å². The molecular weight excluding hydrogens is 308 g/mol. The lowest BCUT2D eigenvalue weighted by molar-refractivity contribution is 0.482. The molecule has 0 spiro atoms. The number of hydrogen-bond acceptors (Lipinski definition) is 6. The van der Waals surface area contributed by atoms with Gasteiger partial charge in [-0.25, -0.2) is 4.98 Å². The number of nitrogens with zero attached hydrogens (tertiary/aromatic N) is 6. The van der Waals surface area contributed by atoms with E-state index in [1.807, 2.05) is 18.2 Å². The molecule has 3 aromatic rings. The smallest absolute Gasteiger partial charge is 0.205 e. The van der Waals surface area contributed by atoms with Gasteiger partial charge in [0.25, 0.3) is 0 Å². The van der Waals surface area contributed by atoms with Gasteiger partial charge in [-0.2, -0.15) is 4.37 Å². The Hall–Kier alpha value is -2.02. The van der Waals surface area contributed by atoms with Crippen molar-refractivity contribution in [1.29, 1.82) is 0 Å². The lowest BCUT2D eigenvalue weighted by Crippen LogP contribution is -2.33. The van der Waals surface area contributed by atoms with Crippen molar-refractivity contribution >= 4 is 22.3 Å². The van der Waals surface area contributed by atoms with Crippen LogP contribution in [-0.2, 0) is 0 Å². The molecule has 0 N–H and O–H groups in total. The zero-order valence-electron chi connectivity index (χ0n) is 13.4. The minimum absolute atomic E-state index is 0.389. The molecule has 1 aliphatic rings. The van der Waals surface area contributed by atoms with Gasteiger partial charge in [0.15, 0.2) is 5.65 Å². The maximum atomic E-state index is 4.67. The molecule has 0 radical (unpaired) electrons. The standard InChI is InChI=1S/C16H20N6S/c1-11(2)14-17-16(23-20-14)21-9-6-12(7-10-21)15-19-18-13-5-3-4-8-22(13)15/h3-5,8,11-12H,6-7,9-10H2,1-2H3. The maximum absolute atomic E-state index is 4.67. The molecule has 4 rings (SSSR count). The fourth-order valence-electron chi connectivity index (χ4n) is 3.06. The average Bonchev–Trinajstić information content (AvgIpc) is 3.22. The molecule has 0 unspecified atom stereocenters. The predicted octanol–water partition coefficient (Wildman–Crippen LogP) is 3.09. The van der Waals surface area contributed by atoms with E-state index >= 15 is 0 Å². The molecule has 3 aromatic heterocycles. The topological polar surface area (TPSA) is 59.2 Å². The zero-order chi connectivity index (χ0) is 15.8. The summed E-state index contributed by atoms with van der Waals surface area (Å²) >= 11 is 1.52. The molecule has 23 heavy (non-hydrogen) atoms. The minimum atomic E-state index is 0.389. The molecule has 0 aliphatic carbocycles. The highest BCUT2D eigenvalue weighted by Gasteiger charge is 2.26. The second-order valence-corrected chi connectivity index (χ2v) is 7.07. The van der Waals surface area contributed by atoms with Gasteiger partial charge in [0, 0.05) is 42.7 Å². The highest BCUT2D eigenvalue weighted by Crippen LogP contribution is 2.31. The highest BCUT2D eigenvalue weighted by atomic mass is 32.1. The molecule has 1 fully saturated rings. The van der Waals surface area contributed by atoms with E-state index in [4.69, 9.17) is 0 Å². The number of anilines is 1. The Balaban J connectivity index is 1.48. The summed E-state index contributed by atoms with van der Waals surface area (Å²) < 4.78 is 6.58. The number of rotatable bonds is 3. The van der Waals surface area contributed by atoms with Gasteiger partial charge in [-0.1, -0.05) is 19.9 Å². The second kappa shape index (κ2) is 5.88. The van der Waals surface area contributed by atoms with E-state index in [0.717, 1.165) is 48.4 Å². The lowest BCUT2D eigenvalue weighted by atomic mass is 9.96. The van der Waals surface area contributed by atoms with E-state index in [0.29, 0.717) is 11.8 Å². The van der Waals surface area contributed by atoms with E-state index in [9.17, 15) is 0 Å². The Morgan fingerprint density at radius 3 is 2.74 bits per heavy atom. The molecule has 0 saturated carbocycles. The van der Waals surface area contributed by atoms with Gasteiger partial charge >= 0.3 is 0 Å². The Bertz CT molecular complexity index is 800. The first-order valence-electron chi connectivity index (χ1n) is 8.10. The van der Waals surface area contributed by atoms with Gasteiger partial charge in [0.1, 0.15) is 11.6 Å². The van der Waals surface area contributed by atoms with Gasteiger partial charge in [0.2, 0.25) is 5.13 Å². The summed E-state index contributed by atoms with van der Waals surface area (Å²) in [6.07, 6.45) is 4.20. The summed E-state index contributed by atoms with van der Waals surface area (Å²) in [5.74, 6) is 2.89. The first-order chi connectivity index (χ1) is 11.2. The SMILES string of the molecule is CC(C)c1nsc(N2CCC(c3nnc4ccccn34)CC2)n1. The first-order valence-corrected chi connectivity index (χ1v) is 8.88. The molecule has 7 heteroatoms. The van der Waals surface area contributed by atoms with Crippen LogP contribution in [-0.4, -0.2) is 37.0 Å². The molecule has 0 aromatic carbocycles. The van der Waals surface area contributed by atoms with Gasteiger partial charge in [-0.15, -0.1) is 10.2 Å². The quantitative estimate of drug-likeness (QED) is 0.739. The van der Waals surface area contributed by atoms with E-state index in [-0.39, 0.29) is 0 Å². The molecule has 0 amide bonds. The van der Waals surface area contributed by atoms with Crippen LogP contribution >= 0.6 is 11.5 Å². The van der Waals surface area contributed by atoms with E-state index in [2.05, 4.69) is 48.9 Å². The summed E-state index contributed by atoms with van der Waals surface area (Å²) in [7, 11) is 0. The summed E-state index contributed by atoms with van der Waals surface area (Å²) in [5, 5.41) is 9.74. The van der Waals surface area contributed by atoms with Crippen LogP contribution in [0.4, 0.5) is 5.13 Å². The van der Waals surface area contributed by atoms with Crippen molar-refractivity contribution in [2.45, 2.75) is 38.5 Å². The minimum Gasteiger partial charge on any atom is -0.347 e. The van der Waals surface area contributed by atoms with Crippen LogP contribution in [0.2, 0.25) is 0 Å². The van der Waals surface area contributed by atoms with Crippen LogP contribution in [0.1, 0.15) is 50.2 Å². The van der Waals surface area contributed by atoms with E-state index in [1.54, 1.807) is 0 Å². The number of aromatic nitrogens is 5. The number of pyridine rings is 1. The number of hydrogen-bond donors (Lipinski definition) is 0. The first kappa shape index (κ1) is 14.6.